The molecule has 2 aromatic carbocycles. The summed E-state index contributed by atoms with van der Waals surface area (Å²) in [5, 5.41) is 2.65. The van der Waals surface area contributed by atoms with Gasteiger partial charge in [0.25, 0.3) is 0 Å². The number of hydrogen-bond donors (Lipinski definition) is 1. The van der Waals surface area contributed by atoms with Crippen LogP contribution in [0.4, 0.5) is 0 Å². The summed E-state index contributed by atoms with van der Waals surface area (Å²) in [5.41, 5.74) is 2.96. The standard InChI is InChI=1S/C19H22BrNO3/c1-4-23-17-7-5-6-14(11-19(22)21-3)15(17)12-24-18-9-8-13(2)10-16(18)20/h5-10H,4,11-12H2,1-3H3,(H,21,22). The van der Waals surface area contributed by atoms with Gasteiger partial charge in [-0.1, -0.05) is 18.2 Å². The van der Waals surface area contributed by atoms with Gasteiger partial charge in [-0.2, -0.15) is 0 Å². The summed E-state index contributed by atoms with van der Waals surface area (Å²) < 4.78 is 12.6. The zero-order valence-electron chi connectivity index (χ0n) is 14.2. The Labute approximate surface area is 151 Å². The fraction of sp³-hybridized carbons (Fsp3) is 0.316. The van der Waals surface area contributed by atoms with Crippen LogP contribution in [0.5, 0.6) is 11.5 Å². The highest BCUT2D eigenvalue weighted by Gasteiger charge is 2.14. The zero-order valence-corrected chi connectivity index (χ0v) is 15.8. The van der Waals surface area contributed by atoms with Crippen molar-refractivity contribution in [2.24, 2.45) is 0 Å². The quantitative estimate of drug-likeness (QED) is 0.774. The minimum absolute atomic E-state index is 0.0404. The van der Waals surface area contributed by atoms with Crippen LogP contribution in [-0.4, -0.2) is 19.6 Å². The van der Waals surface area contributed by atoms with Gasteiger partial charge in [0, 0.05) is 12.6 Å². The Kier molecular flexibility index (Phi) is 6.67. The summed E-state index contributed by atoms with van der Waals surface area (Å²) in [4.78, 5) is 11.8. The Hall–Kier alpha value is -2.01. The molecule has 0 aromatic heterocycles. The second kappa shape index (κ2) is 8.73. The number of carbonyl (C=O) groups excluding carboxylic acids is 1. The zero-order chi connectivity index (χ0) is 17.5. The lowest BCUT2D eigenvalue weighted by Crippen LogP contribution is -2.21. The molecule has 0 bridgehead atoms. The van der Waals surface area contributed by atoms with E-state index in [2.05, 4.69) is 21.2 Å². The Morgan fingerprint density at radius 1 is 1.17 bits per heavy atom. The molecule has 0 unspecified atom stereocenters. The molecule has 0 atom stereocenters. The van der Waals surface area contributed by atoms with Gasteiger partial charge in [-0.25, -0.2) is 0 Å². The highest BCUT2D eigenvalue weighted by atomic mass is 79.9. The molecule has 1 amide bonds. The number of benzene rings is 2. The Morgan fingerprint density at radius 3 is 2.62 bits per heavy atom. The predicted octanol–water partition coefficient (Wildman–Crippen LogP) is 4.02. The normalized spacial score (nSPS) is 10.3. The molecule has 0 radical (unpaired) electrons. The number of carbonyl (C=O) groups is 1. The highest BCUT2D eigenvalue weighted by Crippen LogP contribution is 2.29. The highest BCUT2D eigenvalue weighted by molar-refractivity contribution is 9.10. The van der Waals surface area contributed by atoms with Crippen LogP contribution in [0.3, 0.4) is 0 Å². The van der Waals surface area contributed by atoms with Crippen LogP contribution in [0.2, 0.25) is 0 Å². The number of rotatable bonds is 7. The number of amides is 1. The molecule has 1 N–H and O–H groups in total. The molecule has 24 heavy (non-hydrogen) atoms. The Morgan fingerprint density at radius 2 is 1.96 bits per heavy atom. The molecule has 0 saturated carbocycles. The first-order chi connectivity index (χ1) is 11.5. The van der Waals surface area contributed by atoms with E-state index < -0.39 is 0 Å². The van der Waals surface area contributed by atoms with Gasteiger partial charge in [-0.3, -0.25) is 4.79 Å². The first-order valence-corrected chi connectivity index (χ1v) is 8.67. The average Bonchev–Trinajstić information content (AvgIpc) is 2.56. The van der Waals surface area contributed by atoms with Gasteiger partial charge in [0.15, 0.2) is 0 Å². The van der Waals surface area contributed by atoms with Crippen LogP contribution in [0.15, 0.2) is 40.9 Å². The number of nitrogens with one attached hydrogen (secondary N) is 1. The summed E-state index contributed by atoms with van der Waals surface area (Å²) in [7, 11) is 1.63. The van der Waals surface area contributed by atoms with Gasteiger partial charge in [0.2, 0.25) is 5.91 Å². The summed E-state index contributed by atoms with van der Waals surface area (Å²) in [6.07, 6.45) is 0.297. The summed E-state index contributed by atoms with van der Waals surface area (Å²) >= 11 is 3.52. The lowest BCUT2D eigenvalue weighted by molar-refractivity contribution is -0.119. The topological polar surface area (TPSA) is 47.6 Å². The third kappa shape index (κ3) is 4.74. The van der Waals surface area contributed by atoms with Crippen molar-refractivity contribution < 1.29 is 14.3 Å². The van der Waals surface area contributed by atoms with Gasteiger partial charge < -0.3 is 14.8 Å². The van der Waals surface area contributed by atoms with Crippen molar-refractivity contribution in [2.45, 2.75) is 26.9 Å². The maximum Gasteiger partial charge on any atom is 0.224 e. The molecule has 128 valence electrons. The van der Waals surface area contributed by atoms with Crippen LogP contribution in [0.1, 0.15) is 23.6 Å². The summed E-state index contributed by atoms with van der Waals surface area (Å²) in [5.74, 6) is 1.47. The molecule has 0 fully saturated rings. The van der Waals surface area contributed by atoms with E-state index >= 15 is 0 Å². The molecule has 5 heteroatoms. The van der Waals surface area contributed by atoms with E-state index in [1.165, 1.54) is 0 Å². The van der Waals surface area contributed by atoms with E-state index in [1.807, 2.05) is 50.2 Å². The third-order valence-corrected chi connectivity index (χ3v) is 4.24. The average molecular weight is 392 g/mol. The molecular weight excluding hydrogens is 370 g/mol. The minimum Gasteiger partial charge on any atom is -0.493 e. The van der Waals surface area contributed by atoms with E-state index in [0.717, 1.165) is 32.7 Å². The Bertz CT molecular complexity index is 716. The number of ether oxygens (including phenoxy) is 2. The second-order valence-corrected chi connectivity index (χ2v) is 6.25. The molecular formula is C19H22BrNO3. The largest absolute Gasteiger partial charge is 0.493 e. The lowest BCUT2D eigenvalue weighted by Gasteiger charge is -2.16. The lowest BCUT2D eigenvalue weighted by atomic mass is 10.0. The van der Waals surface area contributed by atoms with Crippen LogP contribution in [0.25, 0.3) is 0 Å². The van der Waals surface area contributed by atoms with Crippen LogP contribution in [0, 0.1) is 6.92 Å². The molecule has 4 nitrogen and oxygen atoms in total. The van der Waals surface area contributed by atoms with Crippen molar-refractivity contribution >= 4 is 21.8 Å². The van der Waals surface area contributed by atoms with Gasteiger partial charge in [0.1, 0.15) is 18.1 Å². The summed E-state index contributed by atoms with van der Waals surface area (Å²) in [6.45, 7) is 4.86. The monoisotopic (exact) mass is 391 g/mol. The van der Waals surface area contributed by atoms with E-state index in [0.29, 0.717) is 19.6 Å². The van der Waals surface area contributed by atoms with Crippen molar-refractivity contribution in [2.75, 3.05) is 13.7 Å². The predicted molar refractivity (Wildman–Crippen MR) is 98.6 cm³/mol. The fourth-order valence-electron chi connectivity index (χ4n) is 2.37. The third-order valence-electron chi connectivity index (χ3n) is 3.62. The summed E-state index contributed by atoms with van der Waals surface area (Å²) in [6, 6.07) is 11.7. The molecule has 0 heterocycles. The number of hydrogen-bond acceptors (Lipinski definition) is 3. The molecule has 0 aliphatic carbocycles. The van der Waals surface area contributed by atoms with E-state index in [1.54, 1.807) is 7.05 Å². The van der Waals surface area contributed by atoms with Gasteiger partial charge in [-0.15, -0.1) is 0 Å². The van der Waals surface area contributed by atoms with E-state index in [4.69, 9.17) is 9.47 Å². The van der Waals surface area contributed by atoms with Crippen molar-refractivity contribution in [3.05, 3.63) is 57.6 Å². The van der Waals surface area contributed by atoms with Crippen LogP contribution >= 0.6 is 15.9 Å². The van der Waals surface area contributed by atoms with Crippen molar-refractivity contribution in [3.63, 3.8) is 0 Å². The van der Waals surface area contributed by atoms with Gasteiger partial charge >= 0.3 is 0 Å². The number of aryl methyl sites for hydroxylation is 1. The van der Waals surface area contributed by atoms with E-state index in [9.17, 15) is 4.79 Å². The second-order valence-electron chi connectivity index (χ2n) is 5.40. The fourth-order valence-corrected chi connectivity index (χ4v) is 2.97. The molecule has 2 aromatic rings. The SMILES string of the molecule is CCOc1cccc(CC(=O)NC)c1COc1ccc(C)cc1Br. The van der Waals surface area contributed by atoms with Gasteiger partial charge in [-0.05, 0) is 59.1 Å². The van der Waals surface area contributed by atoms with Crippen molar-refractivity contribution in [3.8, 4) is 11.5 Å². The molecule has 2 rings (SSSR count). The maximum absolute atomic E-state index is 11.8. The van der Waals surface area contributed by atoms with Crippen molar-refractivity contribution in [1.29, 1.82) is 0 Å². The molecule has 0 spiro atoms. The maximum atomic E-state index is 11.8. The number of likely N-dealkylation sites (N-methyl/N-ethyl adjacent to an activating group) is 1. The van der Waals surface area contributed by atoms with Crippen LogP contribution in [-0.2, 0) is 17.8 Å². The number of halogens is 1. The molecule has 0 aliphatic heterocycles. The first-order valence-electron chi connectivity index (χ1n) is 7.88. The van der Waals surface area contributed by atoms with Crippen molar-refractivity contribution in [1.82, 2.24) is 5.32 Å². The van der Waals surface area contributed by atoms with Crippen LogP contribution < -0.4 is 14.8 Å². The first kappa shape index (κ1) is 18.3. The smallest absolute Gasteiger partial charge is 0.224 e. The Balaban J connectivity index is 2.26. The minimum atomic E-state index is -0.0404. The van der Waals surface area contributed by atoms with E-state index in [-0.39, 0.29) is 5.91 Å². The molecule has 0 saturated heterocycles. The molecule has 0 aliphatic rings. The van der Waals surface area contributed by atoms with Gasteiger partial charge in [0.05, 0.1) is 17.5 Å².